The maximum atomic E-state index is 4.61. The van der Waals surface area contributed by atoms with Crippen molar-refractivity contribution in [1.82, 2.24) is 29.7 Å². The van der Waals surface area contributed by atoms with Crippen LogP contribution in [0.1, 0.15) is 37.3 Å². The molecular formula is C17H18N6S. The third-order valence-corrected chi connectivity index (χ3v) is 4.78. The summed E-state index contributed by atoms with van der Waals surface area (Å²) in [5.74, 6) is 1.77. The van der Waals surface area contributed by atoms with Gasteiger partial charge in [0.25, 0.3) is 0 Å². The number of rotatable bonds is 5. The van der Waals surface area contributed by atoms with E-state index in [1.165, 1.54) is 12.8 Å². The lowest BCUT2D eigenvalue weighted by molar-refractivity contribution is 0.668. The molecule has 0 bridgehead atoms. The first kappa shape index (κ1) is 15.3. The Balaban J connectivity index is 1.72. The van der Waals surface area contributed by atoms with Gasteiger partial charge < -0.3 is 0 Å². The summed E-state index contributed by atoms with van der Waals surface area (Å²) in [7, 11) is 0. The topological polar surface area (TPSA) is 69.4 Å². The molecular weight excluding hydrogens is 320 g/mol. The Morgan fingerprint density at radius 3 is 2.67 bits per heavy atom. The van der Waals surface area contributed by atoms with Crippen LogP contribution in [0.5, 0.6) is 0 Å². The molecule has 0 saturated heterocycles. The van der Waals surface area contributed by atoms with E-state index in [9.17, 15) is 0 Å². The van der Waals surface area contributed by atoms with Gasteiger partial charge in [0.15, 0.2) is 11.0 Å². The fourth-order valence-electron chi connectivity index (χ4n) is 2.61. The number of hydrogen-bond donors (Lipinski definition) is 0. The van der Waals surface area contributed by atoms with Gasteiger partial charge in [0, 0.05) is 36.1 Å². The third-order valence-electron chi connectivity index (χ3n) is 3.90. The molecule has 0 spiro atoms. The summed E-state index contributed by atoms with van der Waals surface area (Å²) in [6.07, 6.45) is 6.75. The minimum atomic E-state index is 0.485. The molecule has 0 amide bonds. The van der Waals surface area contributed by atoms with Gasteiger partial charge in [-0.3, -0.25) is 9.55 Å². The summed E-state index contributed by atoms with van der Waals surface area (Å²) in [4.78, 5) is 13.1. The molecule has 3 aromatic heterocycles. The molecule has 3 heterocycles. The molecule has 1 aliphatic rings. The first-order chi connectivity index (χ1) is 11.7. The molecule has 0 radical (unpaired) electrons. The zero-order valence-corrected chi connectivity index (χ0v) is 14.5. The summed E-state index contributed by atoms with van der Waals surface area (Å²) < 4.78 is 2.24. The van der Waals surface area contributed by atoms with Gasteiger partial charge in [-0.25, -0.2) is 9.97 Å². The predicted molar refractivity (Wildman–Crippen MR) is 91.8 cm³/mol. The van der Waals surface area contributed by atoms with Crippen LogP contribution in [0.2, 0.25) is 0 Å². The second-order valence-corrected chi connectivity index (χ2v) is 6.85. The highest BCUT2D eigenvalue weighted by Crippen LogP contribution is 2.42. The van der Waals surface area contributed by atoms with Gasteiger partial charge in [-0.2, -0.15) is 0 Å². The standard InChI is InChI=1S/C17H18N6S/c1-3-14-19-11(2)10-15(20-14)24-17-22-21-16(23(17)13-4-5-13)12-6-8-18-9-7-12/h6-10,13H,3-5H2,1-2H3. The molecule has 1 saturated carbocycles. The highest BCUT2D eigenvalue weighted by atomic mass is 32.2. The maximum Gasteiger partial charge on any atom is 0.198 e. The maximum absolute atomic E-state index is 4.61. The molecule has 0 atom stereocenters. The molecule has 6 nitrogen and oxygen atoms in total. The summed E-state index contributed by atoms with van der Waals surface area (Å²) in [6.45, 7) is 4.07. The SMILES string of the molecule is CCc1nc(C)cc(Sc2nnc(-c3ccncc3)n2C2CC2)n1. The first-order valence-corrected chi connectivity index (χ1v) is 8.94. The highest BCUT2D eigenvalue weighted by Gasteiger charge is 2.30. The minimum absolute atomic E-state index is 0.485. The predicted octanol–water partition coefficient (Wildman–Crippen LogP) is 3.49. The highest BCUT2D eigenvalue weighted by molar-refractivity contribution is 7.99. The average molecular weight is 338 g/mol. The van der Waals surface area contributed by atoms with E-state index >= 15 is 0 Å². The molecule has 0 N–H and O–H groups in total. The van der Waals surface area contributed by atoms with Gasteiger partial charge in [0.1, 0.15) is 10.9 Å². The number of nitrogens with zero attached hydrogens (tertiary/aromatic N) is 6. The van der Waals surface area contributed by atoms with E-state index in [2.05, 4.69) is 36.6 Å². The number of hydrogen-bond acceptors (Lipinski definition) is 6. The molecule has 4 rings (SSSR count). The fourth-order valence-corrected chi connectivity index (χ4v) is 3.59. The van der Waals surface area contributed by atoms with Crippen LogP contribution >= 0.6 is 11.8 Å². The monoisotopic (exact) mass is 338 g/mol. The van der Waals surface area contributed by atoms with Crippen molar-refractivity contribution in [2.75, 3.05) is 0 Å². The summed E-state index contributed by atoms with van der Waals surface area (Å²) in [5, 5.41) is 10.7. The molecule has 3 aromatic rings. The van der Waals surface area contributed by atoms with Crippen molar-refractivity contribution in [3.8, 4) is 11.4 Å². The Kier molecular flexibility index (Phi) is 4.02. The van der Waals surface area contributed by atoms with Crippen molar-refractivity contribution in [2.45, 2.75) is 49.3 Å². The molecule has 1 fully saturated rings. The Bertz CT molecular complexity index is 857. The lowest BCUT2D eigenvalue weighted by Gasteiger charge is -2.09. The van der Waals surface area contributed by atoms with Crippen LogP contribution in [0.15, 0.2) is 40.8 Å². The molecule has 0 aromatic carbocycles. The van der Waals surface area contributed by atoms with Crippen LogP contribution in [0.4, 0.5) is 0 Å². The van der Waals surface area contributed by atoms with Crippen LogP contribution in [0.25, 0.3) is 11.4 Å². The van der Waals surface area contributed by atoms with E-state index in [1.807, 2.05) is 25.1 Å². The van der Waals surface area contributed by atoms with Crippen LogP contribution < -0.4 is 0 Å². The smallest absolute Gasteiger partial charge is 0.198 e. The number of aryl methyl sites for hydroxylation is 2. The van der Waals surface area contributed by atoms with Crippen molar-refractivity contribution in [3.63, 3.8) is 0 Å². The van der Waals surface area contributed by atoms with Crippen molar-refractivity contribution in [2.24, 2.45) is 0 Å². The Morgan fingerprint density at radius 2 is 1.96 bits per heavy atom. The number of pyridine rings is 1. The lowest BCUT2D eigenvalue weighted by Crippen LogP contribution is -2.01. The molecule has 1 aliphatic carbocycles. The second kappa shape index (κ2) is 6.32. The van der Waals surface area contributed by atoms with E-state index in [0.29, 0.717) is 6.04 Å². The largest absolute Gasteiger partial charge is 0.299 e. The van der Waals surface area contributed by atoms with Crippen LogP contribution in [-0.4, -0.2) is 29.7 Å². The van der Waals surface area contributed by atoms with Crippen molar-refractivity contribution < 1.29 is 0 Å². The van der Waals surface area contributed by atoms with E-state index in [1.54, 1.807) is 24.2 Å². The van der Waals surface area contributed by atoms with E-state index in [0.717, 1.165) is 39.5 Å². The summed E-state index contributed by atoms with van der Waals surface area (Å²) >= 11 is 1.56. The summed E-state index contributed by atoms with van der Waals surface area (Å²) in [6, 6.07) is 6.43. The van der Waals surface area contributed by atoms with Crippen molar-refractivity contribution in [1.29, 1.82) is 0 Å². The average Bonchev–Trinajstić information content (AvgIpc) is 3.36. The molecule has 0 aliphatic heterocycles. The normalized spacial score (nSPS) is 14.1. The van der Waals surface area contributed by atoms with Crippen molar-refractivity contribution >= 4 is 11.8 Å². The van der Waals surface area contributed by atoms with Crippen LogP contribution in [0, 0.1) is 6.92 Å². The van der Waals surface area contributed by atoms with Gasteiger partial charge in [-0.1, -0.05) is 6.92 Å². The van der Waals surface area contributed by atoms with Gasteiger partial charge in [-0.15, -0.1) is 10.2 Å². The van der Waals surface area contributed by atoms with Crippen LogP contribution in [-0.2, 0) is 6.42 Å². The molecule has 24 heavy (non-hydrogen) atoms. The second-order valence-electron chi connectivity index (χ2n) is 5.86. The van der Waals surface area contributed by atoms with Gasteiger partial charge in [0.2, 0.25) is 0 Å². The van der Waals surface area contributed by atoms with Gasteiger partial charge in [0.05, 0.1) is 0 Å². The van der Waals surface area contributed by atoms with Gasteiger partial charge in [-0.05, 0) is 49.7 Å². The summed E-state index contributed by atoms with van der Waals surface area (Å²) in [5.41, 5.74) is 2.03. The third kappa shape index (κ3) is 3.03. The molecule has 0 unspecified atom stereocenters. The first-order valence-electron chi connectivity index (χ1n) is 8.12. The zero-order valence-electron chi connectivity index (χ0n) is 13.7. The Labute approximate surface area is 144 Å². The van der Waals surface area contributed by atoms with E-state index in [4.69, 9.17) is 0 Å². The van der Waals surface area contributed by atoms with E-state index in [-0.39, 0.29) is 0 Å². The molecule has 122 valence electrons. The Hall–Kier alpha value is -2.28. The minimum Gasteiger partial charge on any atom is -0.299 e. The van der Waals surface area contributed by atoms with Crippen LogP contribution in [0.3, 0.4) is 0 Å². The van der Waals surface area contributed by atoms with E-state index < -0.39 is 0 Å². The Morgan fingerprint density at radius 1 is 1.17 bits per heavy atom. The number of aromatic nitrogens is 6. The lowest BCUT2D eigenvalue weighted by atomic mass is 10.2. The quantitative estimate of drug-likeness (QED) is 0.663. The molecule has 7 heteroatoms. The van der Waals surface area contributed by atoms with Crippen molar-refractivity contribution in [3.05, 3.63) is 42.1 Å². The zero-order chi connectivity index (χ0) is 16.5. The fraction of sp³-hybridized carbons (Fsp3) is 0.353. The van der Waals surface area contributed by atoms with Gasteiger partial charge >= 0.3 is 0 Å².